The van der Waals surface area contributed by atoms with Crippen LogP contribution in [-0.4, -0.2) is 25.2 Å². The van der Waals surface area contributed by atoms with Crippen molar-refractivity contribution < 1.29 is 19.1 Å². The van der Waals surface area contributed by atoms with E-state index in [0.717, 1.165) is 12.8 Å². The zero-order chi connectivity index (χ0) is 23.2. The lowest BCUT2D eigenvalue weighted by molar-refractivity contribution is -0.158. The predicted octanol–water partition coefficient (Wildman–Crippen LogP) is 5.26. The Hall–Kier alpha value is -3.86. The highest BCUT2D eigenvalue weighted by Gasteiger charge is 2.50. The molecule has 1 heterocycles. The van der Waals surface area contributed by atoms with Crippen LogP contribution in [0, 0.1) is 5.92 Å². The predicted molar refractivity (Wildman–Crippen MR) is 129 cm³/mol. The van der Waals surface area contributed by atoms with E-state index in [1.54, 1.807) is 36.3 Å². The molecule has 1 fully saturated rings. The highest BCUT2D eigenvalue weighted by molar-refractivity contribution is 6.16. The van der Waals surface area contributed by atoms with Crippen LogP contribution in [0.3, 0.4) is 0 Å². The van der Waals surface area contributed by atoms with Crippen LogP contribution in [0.2, 0.25) is 0 Å². The molecule has 1 saturated heterocycles. The number of esters is 1. The van der Waals surface area contributed by atoms with E-state index in [4.69, 9.17) is 9.47 Å². The Kier molecular flexibility index (Phi) is 6.89. The largest absolute Gasteiger partial charge is 0.497 e. The van der Waals surface area contributed by atoms with Gasteiger partial charge in [-0.05, 0) is 54.7 Å². The van der Waals surface area contributed by atoms with Gasteiger partial charge in [0, 0.05) is 5.69 Å². The molecule has 33 heavy (non-hydrogen) atoms. The topological polar surface area (TPSA) is 55.8 Å². The highest BCUT2D eigenvalue weighted by atomic mass is 16.6. The fourth-order valence-corrected chi connectivity index (χ4v) is 4.05. The van der Waals surface area contributed by atoms with Gasteiger partial charge in [0.15, 0.2) is 6.23 Å². The van der Waals surface area contributed by atoms with Gasteiger partial charge in [-0.15, -0.1) is 0 Å². The van der Waals surface area contributed by atoms with Gasteiger partial charge in [0.1, 0.15) is 5.75 Å². The molecule has 0 aromatic heterocycles. The lowest BCUT2D eigenvalue weighted by Gasteiger charge is -2.46. The molecule has 4 rings (SSSR count). The van der Waals surface area contributed by atoms with Crippen molar-refractivity contribution in [2.45, 2.75) is 25.5 Å². The molecule has 0 bridgehead atoms. The van der Waals surface area contributed by atoms with Gasteiger partial charge < -0.3 is 9.47 Å². The summed E-state index contributed by atoms with van der Waals surface area (Å²) in [6.07, 6.45) is 1.65. The monoisotopic (exact) mass is 441 g/mol. The molecule has 5 heteroatoms. The molecule has 3 aromatic rings. The second-order valence-corrected chi connectivity index (χ2v) is 8.03. The fraction of sp³-hybridized carbons (Fsp3) is 0.214. The molecule has 0 spiro atoms. The minimum Gasteiger partial charge on any atom is -0.497 e. The summed E-state index contributed by atoms with van der Waals surface area (Å²) < 4.78 is 11.1. The van der Waals surface area contributed by atoms with E-state index in [1.165, 1.54) is 5.56 Å². The molecule has 2 atom stereocenters. The molecule has 168 valence electrons. The number of nitrogens with zero attached hydrogens (tertiary/aromatic N) is 1. The Morgan fingerprint density at radius 1 is 0.939 bits per heavy atom. The number of hydrogen-bond donors (Lipinski definition) is 0. The molecule has 0 radical (unpaired) electrons. The standard InChI is InChI=1S/C28H27NO4/c1-20(22-13-7-4-8-14-22)28(31)33-27-25(15-9-12-21-10-5-3-6-11-21)26(30)29(27)23-16-18-24(32-2)19-17-23/h3-8,10-11,13-14,16-19,25,27H,1,9,12,15H2,2H3. The van der Waals surface area contributed by atoms with Crippen LogP contribution < -0.4 is 9.64 Å². The number of aryl methyl sites for hydroxylation is 1. The first kappa shape index (κ1) is 22.3. The zero-order valence-electron chi connectivity index (χ0n) is 18.6. The van der Waals surface area contributed by atoms with E-state index in [9.17, 15) is 9.59 Å². The molecule has 1 amide bonds. The van der Waals surface area contributed by atoms with E-state index in [0.29, 0.717) is 23.4 Å². The number of β-lactam (4-membered cyclic amide) rings is 1. The first-order valence-corrected chi connectivity index (χ1v) is 11.0. The third-order valence-corrected chi connectivity index (χ3v) is 5.92. The van der Waals surface area contributed by atoms with Crippen molar-refractivity contribution in [1.82, 2.24) is 0 Å². The van der Waals surface area contributed by atoms with Crippen LogP contribution in [0.15, 0.2) is 91.5 Å². The number of carbonyl (C=O) groups excluding carboxylic acids is 2. The molecule has 1 aliphatic heterocycles. The lowest BCUT2D eigenvalue weighted by atomic mass is 9.88. The van der Waals surface area contributed by atoms with Gasteiger partial charge in [-0.1, -0.05) is 67.2 Å². The number of anilines is 1. The Balaban J connectivity index is 1.49. The van der Waals surface area contributed by atoms with E-state index >= 15 is 0 Å². The summed E-state index contributed by atoms with van der Waals surface area (Å²) in [6, 6.07) is 26.5. The number of amides is 1. The third kappa shape index (κ3) is 4.98. The van der Waals surface area contributed by atoms with Crippen molar-refractivity contribution >= 4 is 23.1 Å². The Morgan fingerprint density at radius 2 is 1.58 bits per heavy atom. The Morgan fingerprint density at radius 3 is 2.21 bits per heavy atom. The van der Waals surface area contributed by atoms with Gasteiger partial charge in [-0.25, -0.2) is 4.79 Å². The highest BCUT2D eigenvalue weighted by Crippen LogP contribution is 2.37. The molecule has 1 aliphatic rings. The van der Waals surface area contributed by atoms with E-state index < -0.39 is 12.2 Å². The second-order valence-electron chi connectivity index (χ2n) is 8.03. The average molecular weight is 442 g/mol. The number of benzene rings is 3. The van der Waals surface area contributed by atoms with Crippen molar-refractivity contribution in [3.8, 4) is 5.75 Å². The van der Waals surface area contributed by atoms with Crippen molar-refractivity contribution in [2.75, 3.05) is 12.0 Å². The Labute approximate surface area is 194 Å². The molecular weight excluding hydrogens is 414 g/mol. The maximum Gasteiger partial charge on any atom is 0.340 e. The summed E-state index contributed by atoms with van der Waals surface area (Å²) in [5, 5.41) is 0. The molecule has 0 saturated carbocycles. The van der Waals surface area contributed by atoms with E-state index in [-0.39, 0.29) is 17.4 Å². The number of ether oxygens (including phenoxy) is 2. The summed E-state index contributed by atoms with van der Waals surface area (Å²) in [7, 11) is 1.59. The van der Waals surface area contributed by atoms with E-state index in [1.807, 2.05) is 48.5 Å². The van der Waals surface area contributed by atoms with E-state index in [2.05, 4.69) is 18.7 Å². The van der Waals surface area contributed by atoms with Crippen LogP contribution in [0.5, 0.6) is 5.75 Å². The second kappa shape index (κ2) is 10.2. The first-order chi connectivity index (χ1) is 16.1. The van der Waals surface area contributed by atoms with Crippen molar-refractivity contribution in [2.24, 2.45) is 5.92 Å². The third-order valence-electron chi connectivity index (χ3n) is 5.92. The van der Waals surface area contributed by atoms with Gasteiger partial charge in [0.2, 0.25) is 5.91 Å². The van der Waals surface area contributed by atoms with Gasteiger partial charge in [0.25, 0.3) is 0 Å². The van der Waals surface area contributed by atoms with Gasteiger partial charge in [0.05, 0.1) is 18.6 Å². The molecule has 2 unspecified atom stereocenters. The van der Waals surface area contributed by atoms with Crippen LogP contribution >= 0.6 is 0 Å². The number of rotatable bonds is 9. The van der Waals surface area contributed by atoms with Gasteiger partial charge in [-0.3, -0.25) is 9.69 Å². The van der Waals surface area contributed by atoms with Gasteiger partial charge in [-0.2, -0.15) is 0 Å². The maximum absolute atomic E-state index is 13.1. The molecule has 5 nitrogen and oxygen atoms in total. The molecular formula is C28H27NO4. The minimum absolute atomic E-state index is 0.0450. The number of carbonyl (C=O) groups is 2. The first-order valence-electron chi connectivity index (χ1n) is 11.0. The number of hydrogen-bond acceptors (Lipinski definition) is 4. The smallest absolute Gasteiger partial charge is 0.340 e. The minimum atomic E-state index is -0.672. The van der Waals surface area contributed by atoms with Crippen molar-refractivity contribution in [3.63, 3.8) is 0 Å². The quantitative estimate of drug-likeness (QED) is 0.258. The van der Waals surface area contributed by atoms with Crippen LogP contribution in [0.1, 0.15) is 24.0 Å². The normalized spacial score (nSPS) is 17.2. The van der Waals surface area contributed by atoms with Gasteiger partial charge >= 0.3 is 5.97 Å². The number of methoxy groups -OCH3 is 1. The summed E-state index contributed by atoms with van der Waals surface area (Å²) in [5.74, 6) is -0.262. The summed E-state index contributed by atoms with van der Waals surface area (Å²) in [4.78, 5) is 27.5. The summed E-state index contributed by atoms with van der Waals surface area (Å²) in [6.45, 7) is 3.91. The molecule has 0 aliphatic carbocycles. The summed E-state index contributed by atoms with van der Waals surface area (Å²) in [5.41, 5.74) is 2.86. The van der Waals surface area contributed by atoms with Crippen LogP contribution in [0.25, 0.3) is 5.57 Å². The summed E-state index contributed by atoms with van der Waals surface area (Å²) >= 11 is 0. The fourth-order valence-electron chi connectivity index (χ4n) is 4.05. The zero-order valence-corrected chi connectivity index (χ0v) is 18.6. The SMILES string of the molecule is C=C(C(=O)OC1C(CCCc2ccccc2)C(=O)N1c1ccc(OC)cc1)c1ccccc1. The van der Waals surface area contributed by atoms with Crippen LogP contribution in [-0.2, 0) is 20.7 Å². The average Bonchev–Trinajstić information content (AvgIpc) is 2.87. The van der Waals surface area contributed by atoms with Crippen molar-refractivity contribution in [1.29, 1.82) is 0 Å². The maximum atomic E-state index is 13.1. The molecule has 0 N–H and O–H groups in total. The van der Waals surface area contributed by atoms with Crippen LogP contribution in [0.4, 0.5) is 5.69 Å². The lowest BCUT2D eigenvalue weighted by Crippen LogP contribution is -2.63. The molecule has 3 aromatic carbocycles. The van der Waals surface area contributed by atoms with Crippen molar-refractivity contribution in [3.05, 3.63) is 103 Å². The Bertz CT molecular complexity index is 1110.